The largest absolute Gasteiger partial charge is 0.497 e. The van der Waals surface area contributed by atoms with Crippen molar-refractivity contribution in [3.8, 4) is 5.75 Å². The molecule has 3 atom stereocenters. The van der Waals surface area contributed by atoms with Crippen molar-refractivity contribution in [3.63, 3.8) is 0 Å². The quantitative estimate of drug-likeness (QED) is 0.796. The average molecular weight is 294 g/mol. The van der Waals surface area contributed by atoms with E-state index in [0.717, 1.165) is 24.2 Å². The number of aryl methyl sites for hydroxylation is 1. The first kappa shape index (κ1) is 13.4. The second-order valence-corrected chi connectivity index (χ2v) is 5.99. The summed E-state index contributed by atoms with van der Waals surface area (Å²) >= 11 is 0. The summed E-state index contributed by atoms with van der Waals surface area (Å²) in [5, 5.41) is 0. The normalized spacial score (nSPS) is 26.0. The van der Waals surface area contributed by atoms with Crippen molar-refractivity contribution in [1.82, 2.24) is 0 Å². The number of carbonyl (C=O) groups is 1. The van der Waals surface area contributed by atoms with Crippen LogP contribution in [0.15, 0.2) is 48.5 Å². The minimum atomic E-state index is -0.211. The van der Waals surface area contributed by atoms with Crippen LogP contribution < -0.4 is 4.74 Å². The van der Waals surface area contributed by atoms with Gasteiger partial charge in [0.25, 0.3) is 0 Å². The van der Waals surface area contributed by atoms with E-state index in [-0.39, 0.29) is 23.9 Å². The number of hydrogen-bond acceptors (Lipinski definition) is 3. The van der Waals surface area contributed by atoms with Crippen molar-refractivity contribution in [1.29, 1.82) is 0 Å². The van der Waals surface area contributed by atoms with Gasteiger partial charge in [-0.3, -0.25) is 4.79 Å². The maximum Gasteiger partial charge on any atom is 0.314 e. The summed E-state index contributed by atoms with van der Waals surface area (Å²) in [4.78, 5) is 12.5. The van der Waals surface area contributed by atoms with E-state index < -0.39 is 0 Å². The Morgan fingerprint density at radius 1 is 1.14 bits per heavy atom. The Bertz CT molecular complexity index is 708. The lowest BCUT2D eigenvalue weighted by molar-refractivity contribution is -0.142. The molecule has 0 unspecified atom stereocenters. The summed E-state index contributed by atoms with van der Waals surface area (Å²) in [6.07, 6.45) is 1.84. The molecule has 1 saturated heterocycles. The van der Waals surface area contributed by atoms with Gasteiger partial charge in [-0.15, -0.1) is 0 Å². The van der Waals surface area contributed by atoms with Crippen molar-refractivity contribution < 1.29 is 14.3 Å². The number of rotatable bonds is 2. The molecular weight excluding hydrogens is 276 g/mol. The van der Waals surface area contributed by atoms with Crippen LogP contribution in [0.25, 0.3) is 0 Å². The van der Waals surface area contributed by atoms with Gasteiger partial charge in [-0.25, -0.2) is 0 Å². The third-order valence-electron chi connectivity index (χ3n) is 4.85. The van der Waals surface area contributed by atoms with Crippen molar-refractivity contribution in [2.24, 2.45) is 0 Å². The van der Waals surface area contributed by atoms with Gasteiger partial charge in [0.15, 0.2) is 0 Å². The number of ether oxygens (including phenoxy) is 2. The lowest BCUT2D eigenvalue weighted by atomic mass is 9.73. The van der Waals surface area contributed by atoms with Gasteiger partial charge in [-0.2, -0.15) is 0 Å². The van der Waals surface area contributed by atoms with Crippen LogP contribution in [0.1, 0.15) is 34.9 Å². The van der Waals surface area contributed by atoms with E-state index in [9.17, 15) is 4.79 Å². The molecule has 1 aliphatic carbocycles. The molecule has 1 aliphatic heterocycles. The van der Waals surface area contributed by atoms with E-state index >= 15 is 0 Å². The number of fused-ring (bicyclic) bond motifs is 3. The summed E-state index contributed by atoms with van der Waals surface area (Å²) in [5.41, 5.74) is 3.55. The third kappa shape index (κ3) is 2.00. The molecule has 4 rings (SSSR count). The van der Waals surface area contributed by atoms with E-state index in [1.54, 1.807) is 7.11 Å². The first-order chi connectivity index (χ1) is 10.8. The Morgan fingerprint density at radius 3 is 2.73 bits per heavy atom. The summed E-state index contributed by atoms with van der Waals surface area (Å²) < 4.78 is 11.1. The Balaban J connectivity index is 1.83. The first-order valence-corrected chi connectivity index (χ1v) is 7.70. The molecule has 2 aromatic carbocycles. The molecule has 112 valence electrons. The number of carbonyl (C=O) groups excluding carboxylic acids is 1. The van der Waals surface area contributed by atoms with Crippen LogP contribution in [0.3, 0.4) is 0 Å². The Hall–Kier alpha value is -2.29. The zero-order valence-electron chi connectivity index (χ0n) is 12.5. The van der Waals surface area contributed by atoms with E-state index in [4.69, 9.17) is 9.47 Å². The molecule has 2 aromatic rings. The minimum absolute atomic E-state index is 0.0164. The predicted molar refractivity (Wildman–Crippen MR) is 83.1 cm³/mol. The fourth-order valence-electron chi connectivity index (χ4n) is 3.81. The highest BCUT2D eigenvalue weighted by Crippen LogP contribution is 2.49. The molecule has 3 heteroatoms. The molecule has 0 N–H and O–H groups in total. The van der Waals surface area contributed by atoms with Gasteiger partial charge < -0.3 is 9.47 Å². The highest BCUT2D eigenvalue weighted by molar-refractivity contribution is 5.83. The van der Waals surface area contributed by atoms with Gasteiger partial charge in [0.05, 0.1) is 13.0 Å². The molecule has 22 heavy (non-hydrogen) atoms. The monoisotopic (exact) mass is 294 g/mol. The zero-order valence-corrected chi connectivity index (χ0v) is 12.5. The number of methoxy groups -OCH3 is 1. The number of benzene rings is 2. The standard InChI is InChI=1S/C19H18O3/c1-21-14-9-7-12-8-10-16-18(15(12)11-14)17(19(20)22-16)13-5-3-2-4-6-13/h2-7,9,11,16-18H,8,10H2,1H3/t16-,17-,18+/m0/s1. The molecule has 0 amide bonds. The van der Waals surface area contributed by atoms with Crippen molar-refractivity contribution in [2.75, 3.05) is 7.11 Å². The molecule has 0 aromatic heterocycles. The van der Waals surface area contributed by atoms with Gasteiger partial charge in [0.1, 0.15) is 11.9 Å². The zero-order chi connectivity index (χ0) is 15.1. The van der Waals surface area contributed by atoms with Crippen LogP contribution in [0, 0.1) is 0 Å². The van der Waals surface area contributed by atoms with Crippen LogP contribution in [0.4, 0.5) is 0 Å². The van der Waals surface area contributed by atoms with Gasteiger partial charge in [-0.1, -0.05) is 36.4 Å². The third-order valence-corrected chi connectivity index (χ3v) is 4.85. The van der Waals surface area contributed by atoms with E-state index in [0.29, 0.717) is 0 Å². The summed E-state index contributed by atoms with van der Waals surface area (Å²) in [6.45, 7) is 0. The lowest BCUT2D eigenvalue weighted by Gasteiger charge is -2.29. The van der Waals surface area contributed by atoms with E-state index in [1.807, 2.05) is 36.4 Å². The minimum Gasteiger partial charge on any atom is -0.497 e. The first-order valence-electron chi connectivity index (χ1n) is 7.70. The Kier molecular flexibility index (Phi) is 3.14. The molecular formula is C19H18O3. The van der Waals surface area contributed by atoms with E-state index in [1.165, 1.54) is 11.1 Å². The Morgan fingerprint density at radius 2 is 1.95 bits per heavy atom. The molecule has 0 radical (unpaired) electrons. The number of esters is 1. The van der Waals surface area contributed by atoms with Crippen LogP contribution in [-0.4, -0.2) is 19.2 Å². The van der Waals surface area contributed by atoms with Crippen LogP contribution in [0.2, 0.25) is 0 Å². The molecule has 1 fully saturated rings. The van der Waals surface area contributed by atoms with Crippen LogP contribution >= 0.6 is 0 Å². The maximum atomic E-state index is 12.5. The smallest absolute Gasteiger partial charge is 0.314 e. The molecule has 0 bridgehead atoms. The fourth-order valence-corrected chi connectivity index (χ4v) is 3.81. The summed E-state index contributed by atoms with van der Waals surface area (Å²) in [6, 6.07) is 16.1. The molecule has 0 saturated carbocycles. The SMILES string of the molecule is COc1ccc2c(c1)[C@@H]1[C@H](CC2)OC(=O)[C@H]1c1ccccc1. The van der Waals surface area contributed by atoms with Crippen molar-refractivity contribution in [2.45, 2.75) is 30.8 Å². The van der Waals surface area contributed by atoms with Gasteiger partial charge in [0.2, 0.25) is 0 Å². The van der Waals surface area contributed by atoms with E-state index in [2.05, 4.69) is 12.1 Å². The van der Waals surface area contributed by atoms with Crippen LogP contribution in [0.5, 0.6) is 5.75 Å². The highest BCUT2D eigenvalue weighted by atomic mass is 16.6. The number of hydrogen-bond donors (Lipinski definition) is 0. The van der Waals surface area contributed by atoms with Gasteiger partial charge >= 0.3 is 5.97 Å². The lowest BCUT2D eigenvalue weighted by Crippen LogP contribution is -2.24. The fraction of sp³-hybridized carbons (Fsp3) is 0.316. The molecule has 3 nitrogen and oxygen atoms in total. The van der Waals surface area contributed by atoms with Crippen molar-refractivity contribution in [3.05, 3.63) is 65.2 Å². The van der Waals surface area contributed by atoms with Gasteiger partial charge in [-0.05, 0) is 41.7 Å². The maximum absolute atomic E-state index is 12.5. The van der Waals surface area contributed by atoms with Gasteiger partial charge in [0, 0.05) is 5.92 Å². The van der Waals surface area contributed by atoms with Crippen molar-refractivity contribution >= 4 is 5.97 Å². The topological polar surface area (TPSA) is 35.5 Å². The highest BCUT2D eigenvalue weighted by Gasteiger charge is 2.48. The molecule has 0 spiro atoms. The molecule has 1 heterocycles. The molecule has 2 aliphatic rings. The Labute approximate surface area is 129 Å². The summed E-state index contributed by atoms with van der Waals surface area (Å²) in [7, 11) is 1.67. The summed E-state index contributed by atoms with van der Waals surface area (Å²) in [5.74, 6) is 0.619. The predicted octanol–water partition coefficient (Wildman–Crippen LogP) is 3.43. The second-order valence-electron chi connectivity index (χ2n) is 5.99. The van der Waals surface area contributed by atoms with Crippen LogP contribution in [-0.2, 0) is 16.0 Å². The average Bonchev–Trinajstić information content (AvgIpc) is 2.91. The second kappa shape index (κ2) is 5.16.